The molecule has 1 aliphatic heterocycles. The molecule has 6 nitrogen and oxygen atoms in total. The highest BCUT2D eigenvalue weighted by Gasteiger charge is 2.59. The summed E-state index contributed by atoms with van der Waals surface area (Å²) in [4.78, 5) is 25.6. The van der Waals surface area contributed by atoms with Crippen LogP contribution in [0.3, 0.4) is 0 Å². The molecule has 1 N–H and O–H groups in total. The van der Waals surface area contributed by atoms with E-state index in [0.29, 0.717) is 34.9 Å². The normalized spacial score (nSPS) is 30.9. The van der Waals surface area contributed by atoms with Gasteiger partial charge in [0.25, 0.3) is 0 Å². The molecule has 2 atom stereocenters. The van der Waals surface area contributed by atoms with Crippen molar-refractivity contribution in [3.8, 4) is 0 Å². The Hall–Kier alpha value is -1.50. The molecule has 1 saturated carbocycles. The van der Waals surface area contributed by atoms with E-state index >= 15 is 0 Å². The average molecular weight is 458 g/mol. The lowest BCUT2D eigenvalue weighted by molar-refractivity contribution is -0.121. The van der Waals surface area contributed by atoms with E-state index in [2.05, 4.69) is 12.2 Å². The van der Waals surface area contributed by atoms with E-state index in [0.717, 1.165) is 18.4 Å². The van der Waals surface area contributed by atoms with Crippen LogP contribution < -0.4 is 5.32 Å². The summed E-state index contributed by atoms with van der Waals surface area (Å²) in [6.45, 7) is 6.06. The van der Waals surface area contributed by atoms with E-state index < -0.39 is 23.7 Å². The maximum Gasteiger partial charge on any atom is 0.508 e. The number of amides is 1. The second kappa shape index (κ2) is 8.93. The van der Waals surface area contributed by atoms with Crippen LogP contribution in [0.1, 0.15) is 63.0 Å². The van der Waals surface area contributed by atoms with Gasteiger partial charge in [-0.1, -0.05) is 30.1 Å². The van der Waals surface area contributed by atoms with Crippen LogP contribution in [0.4, 0.5) is 4.79 Å². The van der Waals surface area contributed by atoms with Crippen molar-refractivity contribution in [3.63, 3.8) is 0 Å². The number of benzene rings is 1. The van der Waals surface area contributed by atoms with Crippen molar-refractivity contribution in [1.29, 1.82) is 0 Å². The van der Waals surface area contributed by atoms with Crippen molar-refractivity contribution >= 4 is 35.3 Å². The van der Waals surface area contributed by atoms with Gasteiger partial charge in [0.1, 0.15) is 12.0 Å². The Morgan fingerprint density at radius 1 is 1.23 bits per heavy atom. The van der Waals surface area contributed by atoms with Crippen LogP contribution >= 0.6 is 23.2 Å². The maximum absolute atomic E-state index is 13.2. The molecule has 1 amide bonds. The van der Waals surface area contributed by atoms with Gasteiger partial charge in [0.15, 0.2) is 0 Å². The molecule has 1 aliphatic carbocycles. The molecule has 1 heterocycles. The van der Waals surface area contributed by atoms with Gasteiger partial charge in [-0.2, -0.15) is 0 Å². The van der Waals surface area contributed by atoms with Crippen molar-refractivity contribution < 1.29 is 23.8 Å². The molecule has 166 valence electrons. The summed E-state index contributed by atoms with van der Waals surface area (Å²) < 4.78 is 16.6. The molecule has 3 rings (SSSR count). The molecule has 1 spiro atoms. The molecule has 0 bridgehead atoms. The van der Waals surface area contributed by atoms with E-state index in [1.807, 2.05) is 13.8 Å². The second-order valence-corrected chi connectivity index (χ2v) is 9.38. The highest BCUT2D eigenvalue weighted by molar-refractivity contribution is 6.35. The number of aryl methyl sites for hydroxylation is 1. The first-order valence-corrected chi connectivity index (χ1v) is 11.1. The molecular weight excluding hydrogens is 429 g/mol. The summed E-state index contributed by atoms with van der Waals surface area (Å²) in [5.74, 6) is -0.951. The van der Waals surface area contributed by atoms with Gasteiger partial charge in [-0.15, -0.1) is 0 Å². The SMILES string of the molecule is CCCOC(=O)OC1C(c2c(C)cc(Cl)cc2Cl)C(=O)NC12CCC(C)(OC)CC2. The number of ether oxygens (including phenoxy) is 3. The van der Waals surface area contributed by atoms with E-state index in [1.54, 1.807) is 19.2 Å². The lowest BCUT2D eigenvalue weighted by Gasteiger charge is -2.44. The second-order valence-electron chi connectivity index (χ2n) is 8.53. The lowest BCUT2D eigenvalue weighted by Crippen LogP contribution is -2.55. The van der Waals surface area contributed by atoms with Gasteiger partial charge in [-0.3, -0.25) is 4.79 Å². The predicted octanol–water partition coefficient (Wildman–Crippen LogP) is 5.16. The summed E-state index contributed by atoms with van der Waals surface area (Å²) in [6.07, 6.45) is 1.87. The number of nitrogens with one attached hydrogen (secondary N) is 1. The van der Waals surface area contributed by atoms with Crippen molar-refractivity contribution in [2.24, 2.45) is 0 Å². The van der Waals surface area contributed by atoms with Gasteiger partial charge >= 0.3 is 6.16 Å². The number of carbonyl (C=O) groups excluding carboxylic acids is 2. The van der Waals surface area contributed by atoms with E-state index in [-0.39, 0.29) is 18.1 Å². The zero-order valence-corrected chi connectivity index (χ0v) is 19.4. The highest BCUT2D eigenvalue weighted by atomic mass is 35.5. The van der Waals surface area contributed by atoms with Gasteiger partial charge in [0.05, 0.1) is 17.7 Å². The zero-order chi connectivity index (χ0) is 22.1. The summed E-state index contributed by atoms with van der Waals surface area (Å²) in [6, 6.07) is 3.37. The van der Waals surface area contributed by atoms with Crippen LogP contribution in [-0.4, -0.2) is 43.0 Å². The van der Waals surface area contributed by atoms with E-state index in [4.69, 9.17) is 37.4 Å². The van der Waals surface area contributed by atoms with Gasteiger partial charge in [-0.25, -0.2) is 4.79 Å². The van der Waals surface area contributed by atoms with Crippen molar-refractivity contribution in [3.05, 3.63) is 33.3 Å². The van der Waals surface area contributed by atoms with E-state index in [1.165, 1.54) is 0 Å². The lowest BCUT2D eigenvalue weighted by atomic mass is 9.70. The average Bonchev–Trinajstić information content (AvgIpc) is 2.94. The molecule has 2 unspecified atom stereocenters. The number of hydrogen-bond donors (Lipinski definition) is 1. The minimum Gasteiger partial charge on any atom is -0.434 e. The molecule has 2 fully saturated rings. The van der Waals surface area contributed by atoms with Crippen LogP contribution in [-0.2, 0) is 19.0 Å². The fraction of sp³-hybridized carbons (Fsp3) is 0.636. The van der Waals surface area contributed by atoms with Crippen molar-refractivity contribution in [1.82, 2.24) is 5.32 Å². The van der Waals surface area contributed by atoms with Gasteiger partial charge in [0, 0.05) is 17.2 Å². The fourth-order valence-electron chi connectivity index (χ4n) is 4.58. The van der Waals surface area contributed by atoms with Crippen molar-refractivity contribution in [2.45, 2.75) is 76.0 Å². The van der Waals surface area contributed by atoms with Gasteiger partial charge in [0.2, 0.25) is 5.91 Å². The minimum absolute atomic E-state index is 0.211. The number of rotatable bonds is 5. The maximum atomic E-state index is 13.2. The quantitative estimate of drug-likeness (QED) is 0.617. The molecular formula is C22H29Cl2NO5. The Kier molecular flexibility index (Phi) is 6.90. The summed E-state index contributed by atoms with van der Waals surface area (Å²) >= 11 is 12.6. The van der Waals surface area contributed by atoms with Crippen LogP contribution in [0.15, 0.2) is 12.1 Å². The first-order valence-electron chi connectivity index (χ1n) is 10.3. The monoisotopic (exact) mass is 457 g/mol. The number of halogens is 2. The zero-order valence-electron chi connectivity index (χ0n) is 17.8. The first-order chi connectivity index (χ1) is 14.1. The topological polar surface area (TPSA) is 73.9 Å². The molecule has 0 radical (unpaired) electrons. The molecule has 1 aromatic rings. The van der Waals surface area contributed by atoms with Crippen LogP contribution in [0.5, 0.6) is 0 Å². The Balaban J connectivity index is 1.99. The highest BCUT2D eigenvalue weighted by Crippen LogP contribution is 2.48. The minimum atomic E-state index is -0.773. The summed E-state index contributed by atoms with van der Waals surface area (Å²) in [5, 5.41) is 4.01. The summed E-state index contributed by atoms with van der Waals surface area (Å²) in [5.41, 5.74) is 0.442. The van der Waals surface area contributed by atoms with E-state index in [9.17, 15) is 9.59 Å². The van der Waals surface area contributed by atoms with Gasteiger partial charge < -0.3 is 19.5 Å². The molecule has 8 heteroatoms. The fourth-order valence-corrected chi connectivity index (χ4v) is 5.30. The number of methoxy groups -OCH3 is 1. The molecule has 1 aromatic carbocycles. The first kappa shape index (κ1) is 23.2. The Bertz CT molecular complexity index is 797. The Labute approximate surface area is 187 Å². The molecule has 2 aliphatic rings. The third-order valence-electron chi connectivity index (χ3n) is 6.45. The largest absolute Gasteiger partial charge is 0.508 e. The molecule has 1 saturated heterocycles. The van der Waals surface area contributed by atoms with Crippen molar-refractivity contribution in [2.75, 3.05) is 13.7 Å². The predicted molar refractivity (Wildman–Crippen MR) is 115 cm³/mol. The van der Waals surface area contributed by atoms with Crippen LogP contribution in [0.25, 0.3) is 0 Å². The van der Waals surface area contributed by atoms with Gasteiger partial charge in [-0.05, 0) is 69.2 Å². The molecule has 30 heavy (non-hydrogen) atoms. The standard InChI is InChI=1S/C22H29Cl2NO5/c1-5-10-29-20(27)30-18-17(16-13(2)11-14(23)12-15(16)24)19(26)25-22(18)8-6-21(3,28-4)7-9-22/h11-12,17-18H,5-10H2,1-4H3,(H,25,26). The molecule has 0 aromatic heterocycles. The number of carbonyl (C=O) groups is 2. The third-order valence-corrected chi connectivity index (χ3v) is 6.99. The number of hydrogen-bond acceptors (Lipinski definition) is 5. The Morgan fingerprint density at radius 3 is 2.47 bits per heavy atom. The van der Waals surface area contributed by atoms with Crippen LogP contribution in [0.2, 0.25) is 10.0 Å². The third kappa shape index (κ3) is 4.41. The smallest absolute Gasteiger partial charge is 0.434 e. The van der Waals surface area contributed by atoms with Crippen LogP contribution in [0, 0.1) is 6.92 Å². The summed E-state index contributed by atoms with van der Waals surface area (Å²) in [7, 11) is 1.70. The Morgan fingerprint density at radius 2 is 1.90 bits per heavy atom.